The molecule has 3 saturated carbocycles. The topological polar surface area (TPSA) is 52.3 Å². The summed E-state index contributed by atoms with van der Waals surface area (Å²) in [6, 6.07) is -0.385. The largest absolute Gasteiger partial charge is 0.468 e. The van der Waals surface area contributed by atoms with E-state index in [0.717, 1.165) is 19.3 Å². The predicted octanol–water partition coefficient (Wildman–Crippen LogP) is 1.10. The standard InChI is InChI=1S/C9H15NO2.ClH/c1-8-3-9(4-8,5-8)6(10)7(11)12-2;/h6H,3-5,10H2,1-2H3;1H/t6-,8?,9?;/m0./s1. The van der Waals surface area contributed by atoms with Crippen LogP contribution in [0.5, 0.6) is 0 Å². The van der Waals surface area contributed by atoms with Crippen molar-refractivity contribution in [2.75, 3.05) is 7.11 Å². The Kier molecular flexibility index (Phi) is 2.37. The van der Waals surface area contributed by atoms with E-state index in [1.165, 1.54) is 7.11 Å². The van der Waals surface area contributed by atoms with Crippen LogP contribution in [0.15, 0.2) is 0 Å². The number of nitrogens with two attached hydrogens (primary N) is 1. The van der Waals surface area contributed by atoms with Gasteiger partial charge in [-0.15, -0.1) is 12.4 Å². The summed E-state index contributed by atoms with van der Waals surface area (Å²) < 4.78 is 4.63. The molecule has 0 spiro atoms. The Morgan fingerprint density at radius 3 is 2.23 bits per heavy atom. The van der Waals surface area contributed by atoms with E-state index < -0.39 is 0 Å². The fourth-order valence-electron chi connectivity index (χ4n) is 3.10. The summed E-state index contributed by atoms with van der Waals surface area (Å²) in [6.07, 6.45) is 3.32. The van der Waals surface area contributed by atoms with E-state index in [1.54, 1.807) is 0 Å². The number of esters is 1. The fourth-order valence-corrected chi connectivity index (χ4v) is 3.10. The van der Waals surface area contributed by atoms with Gasteiger partial charge in [0.05, 0.1) is 7.11 Å². The minimum atomic E-state index is -0.385. The van der Waals surface area contributed by atoms with E-state index in [1.807, 2.05) is 0 Å². The molecule has 0 aromatic carbocycles. The summed E-state index contributed by atoms with van der Waals surface area (Å²) in [7, 11) is 1.40. The van der Waals surface area contributed by atoms with Crippen molar-refractivity contribution in [3.63, 3.8) is 0 Å². The lowest BCUT2D eigenvalue weighted by Gasteiger charge is -2.71. The van der Waals surface area contributed by atoms with Crippen LogP contribution in [0.2, 0.25) is 0 Å². The SMILES string of the molecule is COC(=O)[C@H](N)C12CC(C)(C1)C2.Cl. The van der Waals surface area contributed by atoms with Crippen molar-refractivity contribution >= 4 is 18.4 Å². The second-order valence-corrected chi connectivity index (χ2v) is 4.70. The van der Waals surface area contributed by atoms with Gasteiger partial charge in [-0.3, -0.25) is 4.79 Å². The molecule has 4 heteroatoms. The summed E-state index contributed by atoms with van der Waals surface area (Å²) in [5.41, 5.74) is 6.41. The van der Waals surface area contributed by atoms with Crippen LogP contribution in [0.25, 0.3) is 0 Å². The lowest BCUT2D eigenvalue weighted by Crippen LogP contribution is -2.69. The molecule has 0 unspecified atom stereocenters. The van der Waals surface area contributed by atoms with Crippen LogP contribution in [0.4, 0.5) is 0 Å². The van der Waals surface area contributed by atoms with Crippen LogP contribution < -0.4 is 5.73 Å². The van der Waals surface area contributed by atoms with E-state index in [0.29, 0.717) is 5.41 Å². The van der Waals surface area contributed by atoms with Gasteiger partial charge in [0.25, 0.3) is 0 Å². The normalized spacial score (nSPS) is 42.1. The van der Waals surface area contributed by atoms with Gasteiger partial charge in [-0.1, -0.05) is 6.92 Å². The number of ether oxygens (including phenoxy) is 1. The second kappa shape index (κ2) is 2.85. The molecule has 0 aliphatic heterocycles. The van der Waals surface area contributed by atoms with Crippen LogP contribution in [-0.2, 0) is 9.53 Å². The van der Waals surface area contributed by atoms with Crippen molar-refractivity contribution in [1.29, 1.82) is 0 Å². The highest BCUT2D eigenvalue weighted by molar-refractivity contribution is 5.85. The van der Waals surface area contributed by atoms with Crippen LogP contribution in [0.1, 0.15) is 26.2 Å². The van der Waals surface area contributed by atoms with Gasteiger partial charge in [-0.2, -0.15) is 0 Å². The molecule has 3 nitrogen and oxygen atoms in total. The smallest absolute Gasteiger partial charge is 0.323 e. The molecule has 0 amide bonds. The van der Waals surface area contributed by atoms with E-state index in [9.17, 15) is 4.79 Å². The first-order valence-electron chi connectivity index (χ1n) is 4.35. The molecule has 2 bridgehead atoms. The Morgan fingerprint density at radius 1 is 1.46 bits per heavy atom. The Morgan fingerprint density at radius 2 is 1.92 bits per heavy atom. The quantitative estimate of drug-likeness (QED) is 0.687. The van der Waals surface area contributed by atoms with Crippen LogP contribution >= 0.6 is 12.4 Å². The minimum Gasteiger partial charge on any atom is -0.468 e. The molecule has 0 aromatic rings. The van der Waals surface area contributed by atoms with Gasteiger partial charge in [0, 0.05) is 0 Å². The molecule has 13 heavy (non-hydrogen) atoms. The van der Waals surface area contributed by atoms with E-state index in [4.69, 9.17) is 5.73 Å². The number of hydrogen-bond acceptors (Lipinski definition) is 3. The Labute approximate surface area is 84.4 Å². The molecular weight excluding hydrogens is 190 g/mol. The van der Waals surface area contributed by atoms with Gasteiger partial charge in [0.1, 0.15) is 6.04 Å². The molecule has 3 rings (SSSR count). The molecule has 0 aromatic heterocycles. The number of carbonyl (C=O) groups is 1. The molecule has 0 heterocycles. The number of carbonyl (C=O) groups excluding carboxylic acids is 1. The summed E-state index contributed by atoms with van der Waals surface area (Å²) >= 11 is 0. The van der Waals surface area contributed by atoms with Gasteiger partial charge in [0.2, 0.25) is 0 Å². The zero-order valence-corrected chi connectivity index (χ0v) is 8.82. The lowest BCUT2D eigenvalue weighted by atomic mass is 9.34. The fraction of sp³-hybridized carbons (Fsp3) is 0.889. The molecular formula is C9H16ClNO2. The van der Waals surface area contributed by atoms with Gasteiger partial charge in [-0.05, 0) is 30.1 Å². The van der Waals surface area contributed by atoms with Crippen molar-refractivity contribution in [3.8, 4) is 0 Å². The minimum absolute atomic E-state index is 0. The first-order chi connectivity index (χ1) is 5.51. The lowest BCUT2D eigenvalue weighted by molar-refractivity contribution is -0.211. The maximum absolute atomic E-state index is 11.1. The van der Waals surface area contributed by atoms with Gasteiger partial charge >= 0.3 is 5.97 Å². The van der Waals surface area contributed by atoms with Gasteiger partial charge in [0.15, 0.2) is 0 Å². The van der Waals surface area contributed by atoms with Crippen molar-refractivity contribution in [3.05, 3.63) is 0 Å². The third kappa shape index (κ3) is 1.25. The summed E-state index contributed by atoms with van der Waals surface area (Å²) in [6.45, 7) is 2.25. The monoisotopic (exact) mass is 205 g/mol. The van der Waals surface area contributed by atoms with Gasteiger partial charge in [-0.25, -0.2) is 0 Å². The molecule has 0 saturated heterocycles. The van der Waals surface area contributed by atoms with Crippen LogP contribution in [0.3, 0.4) is 0 Å². The summed E-state index contributed by atoms with van der Waals surface area (Å²) in [4.78, 5) is 11.1. The maximum atomic E-state index is 11.1. The number of hydrogen-bond donors (Lipinski definition) is 1. The first kappa shape index (κ1) is 10.8. The highest BCUT2D eigenvalue weighted by atomic mass is 35.5. The molecule has 76 valence electrons. The highest BCUT2D eigenvalue weighted by Crippen LogP contribution is 2.74. The van der Waals surface area contributed by atoms with E-state index >= 15 is 0 Å². The number of rotatable bonds is 2. The van der Waals surface area contributed by atoms with Crippen molar-refractivity contribution in [1.82, 2.24) is 0 Å². The Bertz CT molecular complexity index is 222. The predicted molar refractivity (Wildman–Crippen MR) is 51.6 cm³/mol. The zero-order valence-electron chi connectivity index (χ0n) is 8.00. The molecule has 3 aliphatic carbocycles. The second-order valence-electron chi connectivity index (χ2n) is 4.70. The first-order valence-corrected chi connectivity index (χ1v) is 4.35. The third-order valence-corrected chi connectivity index (χ3v) is 3.45. The van der Waals surface area contributed by atoms with Crippen molar-refractivity contribution in [2.24, 2.45) is 16.6 Å². The number of halogens is 1. The van der Waals surface area contributed by atoms with E-state index in [-0.39, 0.29) is 29.8 Å². The molecule has 1 atom stereocenters. The molecule has 3 fully saturated rings. The Hall–Kier alpha value is -0.280. The molecule has 2 N–H and O–H groups in total. The van der Waals surface area contributed by atoms with Gasteiger partial charge < -0.3 is 10.5 Å². The van der Waals surface area contributed by atoms with Crippen molar-refractivity contribution in [2.45, 2.75) is 32.2 Å². The average Bonchev–Trinajstić information content (AvgIpc) is 1.94. The number of methoxy groups -OCH3 is 1. The average molecular weight is 206 g/mol. The van der Waals surface area contributed by atoms with Crippen molar-refractivity contribution < 1.29 is 9.53 Å². The van der Waals surface area contributed by atoms with E-state index in [2.05, 4.69) is 11.7 Å². The highest BCUT2D eigenvalue weighted by Gasteiger charge is 2.68. The Balaban J connectivity index is 0.000000845. The maximum Gasteiger partial charge on any atom is 0.323 e. The third-order valence-electron chi connectivity index (χ3n) is 3.45. The van der Waals surface area contributed by atoms with Crippen LogP contribution in [0, 0.1) is 10.8 Å². The molecule has 0 radical (unpaired) electrons. The summed E-state index contributed by atoms with van der Waals surface area (Å²) in [5.74, 6) is -0.253. The zero-order chi connectivity index (χ0) is 8.98. The summed E-state index contributed by atoms with van der Waals surface area (Å²) in [5, 5.41) is 0. The molecule has 3 aliphatic rings. The van der Waals surface area contributed by atoms with Crippen LogP contribution in [-0.4, -0.2) is 19.1 Å².